The summed E-state index contributed by atoms with van der Waals surface area (Å²) in [7, 11) is 0. The molecule has 1 aromatic rings. The molecule has 2 rings (SSSR count). The topological polar surface area (TPSA) is 12.0 Å². The lowest BCUT2D eigenvalue weighted by Gasteiger charge is -2.38. The van der Waals surface area contributed by atoms with E-state index in [2.05, 4.69) is 49.5 Å². The summed E-state index contributed by atoms with van der Waals surface area (Å²) < 4.78 is 0. The first-order valence-electron chi connectivity index (χ1n) is 7.62. The summed E-state index contributed by atoms with van der Waals surface area (Å²) in [6.07, 6.45) is 7.94. The van der Waals surface area contributed by atoms with Crippen molar-refractivity contribution in [1.82, 2.24) is 5.32 Å². The molecular weight excluding hydrogens is 218 g/mol. The van der Waals surface area contributed by atoms with Crippen LogP contribution in [0.15, 0.2) is 30.3 Å². The molecule has 0 aromatic heterocycles. The molecule has 100 valence electrons. The standard InChI is InChI=1S/C17H27N/c1-3-14-18-16(4-2)17(12-8-9-13-17)15-10-6-5-7-11-15/h5-7,10-11,16,18H,3-4,8-9,12-14H2,1-2H3. The van der Waals surface area contributed by atoms with Crippen molar-refractivity contribution < 1.29 is 0 Å². The normalized spacial score (nSPS) is 19.9. The molecule has 0 spiro atoms. The number of hydrogen-bond acceptors (Lipinski definition) is 1. The van der Waals surface area contributed by atoms with Crippen LogP contribution in [-0.2, 0) is 5.41 Å². The lowest BCUT2D eigenvalue weighted by molar-refractivity contribution is 0.288. The van der Waals surface area contributed by atoms with Gasteiger partial charge in [0, 0.05) is 11.5 Å². The lowest BCUT2D eigenvalue weighted by Crippen LogP contribution is -2.46. The highest BCUT2D eigenvalue weighted by molar-refractivity contribution is 5.29. The fourth-order valence-corrected chi connectivity index (χ4v) is 3.66. The van der Waals surface area contributed by atoms with E-state index in [0.717, 1.165) is 6.54 Å². The van der Waals surface area contributed by atoms with Gasteiger partial charge in [0.2, 0.25) is 0 Å². The van der Waals surface area contributed by atoms with E-state index in [1.54, 1.807) is 5.56 Å². The quantitative estimate of drug-likeness (QED) is 0.789. The summed E-state index contributed by atoms with van der Waals surface area (Å²) >= 11 is 0. The van der Waals surface area contributed by atoms with Crippen LogP contribution in [0.25, 0.3) is 0 Å². The summed E-state index contributed by atoms with van der Waals surface area (Å²) in [6, 6.07) is 11.8. The van der Waals surface area contributed by atoms with Crippen LogP contribution in [0.1, 0.15) is 57.9 Å². The van der Waals surface area contributed by atoms with Gasteiger partial charge in [-0.25, -0.2) is 0 Å². The minimum atomic E-state index is 0.394. The fraction of sp³-hybridized carbons (Fsp3) is 0.647. The molecule has 0 bridgehead atoms. The Balaban J connectivity index is 2.25. The molecule has 18 heavy (non-hydrogen) atoms. The molecule has 1 heteroatoms. The van der Waals surface area contributed by atoms with E-state index in [1.807, 2.05) is 0 Å². The highest BCUT2D eigenvalue weighted by Gasteiger charge is 2.41. The number of benzene rings is 1. The molecule has 1 aromatic carbocycles. The molecule has 1 N–H and O–H groups in total. The highest BCUT2D eigenvalue weighted by atomic mass is 14.9. The van der Waals surface area contributed by atoms with Gasteiger partial charge in [0.1, 0.15) is 0 Å². The van der Waals surface area contributed by atoms with Crippen LogP contribution >= 0.6 is 0 Å². The molecular formula is C17H27N. The number of hydrogen-bond donors (Lipinski definition) is 1. The maximum atomic E-state index is 3.80. The van der Waals surface area contributed by atoms with Gasteiger partial charge >= 0.3 is 0 Å². The third-order valence-electron chi connectivity index (χ3n) is 4.56. The second-order valence-corrected chi connectivity index (χ2v) is 5.64. The van der Waals surface area contributed by atoms with Gasteiger partial charge in [-0.15, -0.1) is 0 Å². The summed E-state index contributed by atoms with van der Waals surface area (Å²) in [5, 5.41) is 3.80. The van der Waals surface area contributed by atoms with E-state index in [-0.39, 0.29) is 0 Å². The molecule has 1 saturated carbocycles. The Labute approximate surface area is 112 Å². The van der Waals surface area contributed by atoms with E-state index in [9.17, 15) is 0 Å². The predicted molar refractivity (Wildman–Crippen MR) is 79.0 cm³/mol. The molecule has 1 aliphatic rings. The Kier molecular flexibility index (Phi) is 4.82. The molecule has 0 amide bonds. The molecule has 1 fully saturated rings. The SMILES string of the molecule is CCCNC(CC)C1(c2ccccc2)CCCC1. The zero-order valence-corrected chi connectivity index (χ0v) is 11.9. The molecule has 1 unspecified atom stereocenters. The molecule has 1 atom stereocenters. The van der Waals surface area contributed by atoms with E-state index in [0.29, 0.717) is 11.5 Å². The van der Waals surface area contributed by atoms with E-state index < -0.39 is 0 Å². The zero-order chi connectivity index (χ0) is 12.8. The van der Waals surface area contributed by atoms with Crippen LogP contribution in [0, 0.1) is 0 Å². The minimum Gasteiger partial charge on any atom is -0.313 e. The van der Waals surface area contributed by atoms with Crippen molar-refractivity contribution in [2.45, 2.75) is 63.8 Å². The van der Waals surface area contributed by atoms with Gasteiger partial charge in [-0.3, -0.25) is 0 Å². The first-order chi connectivity index (χ1) is 8.83. The first-order valence-corrected chi connectivity index (χ1v) is 7.62. The van der Waals surface area contributed by atoms with Crippen molar-refractivity contribution in [3.05, 3.63) is 35.9 Å². The van der Waals surface area contributed by atoms with Gasteiger partial charge in [-0.05, 0) is 37.8 Å². The molecule has 1 aliphatic carbocycles. The summed E-state index contributed by atoms with van der Waals surface area (Å²) in [6.45, 7) is 5.73. The van der Waals surface area contributed by atoms with Gasteiger partial charge < -0.3 is 5.32 Å². The predicted octanol–water partition coefficient (Wildman–Crippen LogP) is 4.28. The average molecular weight is 245 g/mol. The summed E-state index contributed by atoms with van der Waals surface area (Å²) in [4.78, 5) is 0. The zero-order valence-electron chi connectivity index (χ0n) is 11.9. The van der Waals surface area contributed by atoms with E-state index in [1.165, 1.54) is 38.5 Å². The summed E-state index contributed by atoms with van der Waals surface area (Å²) in [5.41, 5.74) is 1.95. The first kappa shape index (κ1) is 13.6. The molecule has 0 radical (unpaired) electrons. The monoisotopic (exact) mass is 245 g/mol. The Morgan fingerprint density at radius 2 is 1.78 bits per heavy atom. The summed E-state index contributed by atoms with van der Waals surface area (Å²) in [5.74, 6) is 0. The van der Waals surface area contributed by atoms with E-state index >= 15 is 0 Å². The van der Waals surface area contributed by atoms with Crippen molar-refractivity contribution in [2.24, 2.45) is 0 Å². The van der Waals surface area contributed by atoms with Crippen LogP contribution in [0.2, 0.25) is 0 Å². The van der Waals surface area contributed by atoms with Crippen LogP contribution in [-0.4, -0.2) is 12.6 Å². The van der Waals surface area contributed by atoms with Crippen LogP contribution in [0.5, 0.6) is 0 Å². The van der Waals surface area contributed by atoms with Crippen LogP contribution in [0.4, 0.5) is 0 Å². The molecule has 0 aliphatic heterocycles. The van der Waals surface area contributed by atoms with Crippen LogP contribution < -0.4 is 5.32 Å². The van der Waals surface area contributed by atoms with Crippen molar-refractivity contribution in [2.75, 3.05) is 6.54 Å². The largest absolute Gasteiger partial charge is 0.313 e. The fourth-order valence-electron chi connectivity index (χ4n) is 3.66. The third kappa shape index (κ3) is 2.61. The van der Waals surface area contributed by atoms with Gasteiger partial charge in [0.25, 0.3) is 0 Å². The molecule has 1 nitrogen and oxygen atoms in total. The minimum absolute atomic E-state index is 0.394. The highest BCUT2D eigenvalue weighted by Crippen LogP contribution is 2.44. The Morgan fingerprint density at radius 1 is 1.11 bits per heavy atom. The van der Waals surface area contributed by atoms with Crippen molar-refractivity contribution in [3.8, 4) is 0 Å². The maximum Gasteiger partial charge on any atom is 0.0161 e. The van der Waals surface area contributed by atoms with Gasteiger partial charge in [0.05, 0.1) is 0 Å². The average Bonchev–Trinajstić information content (AvgIpc) is 2.91. The number of nitrogens with one attached hydrogen (secondary N) is 1. The smallest absolute Gasteiger partial charge is 0.0161 e. The Morgan fingerprint density at radius 3 is 2.33 bits per heavy atom. The van der Waals surface area contributed by atoms with Gasteiger partial charge in [-0.1, -0.05) is 57.0 Å². The lowest BCUT2D eigenvalue weighted by atomic mass is 9.71. The second-order valence-electron chi connectivity index (χ2n) is 5.64. The second kappa shape index (κ2) is 6.38. The van der Waals surface area contributed by atoms with E-state index in [4.69, 9.17) is 0 Å². The maximum absolute atomic E-state index is 3.80. The van der Waals surface area contributed by atoms with Crippen LogP contribution in [0.3, 0.4) is 0 Å². The number of rotatable bonds is 6. The van der Waals surface area contributed by atoms with Gasteiger partial charge in [0.15, 0.2) is 0 Å². The third-order valence-corrected chi connectivity index (χ3v) is 4.56. The molecule has 0 saturated heterocycles. The van der Waals surface area contributed by atoms with Gasteiger partial charge in [-0.2, -0.15) is 0 Å². The van der Waals surface area contributed by atoms with Crippen molar-refractivity contribution in [1.29, 1.82) is 0 Å². The Bertz CT molecular complexity index is 338. The Hall–Kier alpha value is -0.820. The van der Waals surface area contributed by atoms with Crippen molar-refractivity contribution >= 4 is 0 Å². The molecule has 0 heterocycles. The van der Waals surface area contributed by atoms with Crippen molar-refractivity contribution in [3.63, 3.8) is 0 Å².